The molecule has 0 aliphatic heterocycles. The van der Waals surface area contributed by atoms with Crippen molar-refractivity contribution in [3.05, 3.63) is 72.9 Å². The highest BCUT2D eigenvalue weighted by Gasteiger charge is 2.28. The molecule has 0 bridgehead atoms. The molecule has 360 valence electrons. The van der Waals surface area contributed by atoms with Gasteiger partial charge in [-0.25, -0.2) is 4.57 Å². The second kappa shape index (κ2) is 44.2. The number of aliphatic hydroxyl groups is 1. The van der Waals surface area contributed by atoms with Crippen LogP contribution in [0, 0.1) is 0 Å². The molecule has 0 aliphatic carbocycles. The minimum absolute atomic E-state index is 0.0716. The van der Waals surface area contributed by atoms with E-state index in [0.29, 0.717) is 23.9 Å². The lowest BCUT2D eigenvalue weighted by Gasteiger charge is -2.26. The quantitative estimate of drug-likeness (QED) is 0.0243. The number of hydrogen-bond donors (Lipinski definition) is 3. The minimum Gasteiger partial charge on any atom is -0.391 e. The van der Waals surface area contributed by atoms with E-state index in [0.717, 1.165) is 77.0 Å². The van der Waals surface area contributed by atoms with Gasteiger partial charge in [-0.15, -0.1) is 0 Å². The SMILES string of the molecule is CC/C=C\C/C=C\C/C=C\C/C=C\C/C=C\C/C=C\CCCCCCCCCCCCCCC(=O)NC(COP(=O)(O)OCC[N+](C)(C)C)C(O)CCCCCCCCCCC. The lowest BCUT2D eigenvalue weighted by Crippen LogP contribution is -2.46. The van der Waals surface area contributed by atoms with Gasteiger partial charge in [-0.3, -0.25) is 13.8 Å². The van der Waals surface area contributed by atoms with Crippen LogP contribution >= 0.6 is 7.82 Å². The summed E-state index contributed by atoms with van der Waals surface area (Å²) in [7, 11) is 1.61. The summed E-state index contributed by atoms with van der Waals surface area (Å²) in [6.07, 6.45) is 59.5. The molecule has 9 heteroatoms. The Morgan fingerprint density at radius 1 is 0.565 bits per heavy atom. The van der Waals surface area contributed by atoms with Crippen LogP contribution in [-0.2, 0) is 18.4 Å². The number of phosphoric ester groups is 1. The topological polar surface area (TPSA) is 105 Å². The van der Waals surface area contributed by atoms with Gasteiger partial charge in [0, 0.05) is 6.42 Å². The van der Waals surface area contributed by atoms with Gasteiger partial charge in [-0.2, -0.15) is 0 Å². The van der Waals surface area contributed by atoms with Crippen molar-refractivity contribution in [2.45, 2.75) is 219 Å². The van der Waals surface area contributed by atoms with Crippen LogP contribution in [0.4, 0.5) is 0 Å². The average Bonchev–Trinajstić information content (AvgIpc) is 3.23. The molecule has 3 N–H and O–H groups in total. The molecule has 62 heavy (non-hydrogen) atoms. The van der Waals surface area contributed by atoms with Crippen molar-refractivity contribution in [1.29, 1.82) is 0 Å². The first-order valence-corrected chi connectivity index (χ1v) is 26.8. The van der Waals surface area contributed by atoms with Crippen molar-refractivity contribution in [1.82, 2.24) is 5.32 Å². The predicted molar refractivity (Wildman–Crippen MR) is 267 cm³/mol. The number of carbonyl (C=O) groups excluding carboxylic acids is 1. The van der Waals surface area contributed by atoms with E-state index in [1.165, 1.54) is 103 Å². The zero-order valence-corrected chi connectivity index (χ0v) is 41.7. The van der Waals surface area contributed by atoms with Gasteiger partial charge in [0.1, 0.15) is 13.2 Å². The molecule has 0 saturated carbocycles. The number of aliphatic hydroxyl groups excluding tert-OH is 1. The Balaban J connectivity index is 4.05. The van der Waals surface area contributed by atoms with Crippen molar-refractivity contribution < 1.29 is 32.9 Å². The molecule has 1 amide bonds. The van der Waals surface area contributed by atoms with Gasteiger partial charge in [0.2, 0.25) is 5.91 Å². The van der Waals surface area contributed by atoms with E-state index >= 15 is 0 Å². The maximum atomic E-state index is 12.9. The number of carbonyl (C=O) groups is 1. The summed E-state index contributed by atoms with van der Waals surface area (Å²) in [4.78, 5) is 23.2. The van der Waals surface area contributed by atoms with Crippen molar-refractivity contribution in [2.75, 3.05) is 40.9 Å². The summed E-state index contributed by atoms with van der Waals surface area (Å²) in [6.45, 7) is 4.74. The Labute approximate surface area is 383 Å². The standard InChI is InChI=1S/C53H97N2O6P/c1-6-8-10-12-14-16-17-18-19-20-21-22-23-24-25-26-27-28-29-30-31-32-33-34-35-36-37-39-41-43-45-47-53(57)54-51(50-61-62(58,59)60-49-48-55(3,4)5)52(56)46-44-42-40-38-15-13-11-9-7-2/h8,10,14,16,18-19,21-22,24-25,27-28,51-52,56H,6-7,9,11-13,15,17,20,23,26,29-50H2,1-5H3,(H-,54,57,58,59)/p+1/b10-8-,16-14-,19-18-,22-21-,25-24-,28-27-. The number of likely N-dealkylation sites (N-methyl/N-ethyl adjacent to an activating group) is 1. The van der Waals surface area contributed by atoms with Crippen LogP contribution in [0.1, 0.15) is 206 Å². The Kier molecular flexibility index (Phi) is 42.7. The molecular formula is C53H98N2O6P+. The smallest absolute Gasteiger partial charge is 0.391 e. The number of amides is 1. The average molecular weight is 890 g/mol. The van der Waals surface area contributed by atoms with Crippen LogP contribution in [-0.4, -0.2) is 73.4 Å². The molecule has 0 heterocycles. The second-order valence-electron chi connectivity index (χ2n) is 18.2. The molecule has 0 fully saturated rings. The number of allylic oxidation sites excluding steroid dienone is 12. The first-order valence-electron chi connectivity index (χ1n) is 25.3. The van der Waals surface area contributed by atoms with E-state index in [4.69, 9.17) is 9.05 Å². The number of rotatable bonds is 45. The van der Waals surface area contributed by atoms with Crippen LogP contribution in [0.15, 0.2) is 72.9 Å². The molecule has 0 saturated heterocycles. The van der Waals surface area contributed by atoms with Gasteiger partial charge in [-0.05, 0) is 64.2 Å². The highest BCUT2D eigenvalue weighted by atomic mass is 31.2. The fourth-order valence-corrected chi connectivity index (χ4v) is 7.73. The third kappa shape index (κ3) is 45.9. The lowest BCUT2D eigenvalue weighted by atomic mass is 10.0. The third-order valence-electron chi connectivity index (χ3n) is 11.0. The molecule has 0 aromatic rings. The van der Waals surface area contributed by atoms with E-state index in [2.05, 4.69) is 92.1 Å². The van der Waals surface area contributed by atoms with Gasteiger partial charge in [0.15, 0.2) is 0 Å². The first kappa shape index (κ1) is 59.9. The zero-order chi connectivity index (χ0) is 45.7. The normalized spacial score (nSPS) is 14.8. The lowest BCUT2D eigenvalue weighted by molar-refractivity contribution is -0.870. The Morgan fingerprint density at radius 3 is 1.42 bits per heavy atom. The van der Waals surface area contributed by atoms with E-state index in [-0.39, 0.29) is 19.1 Å². The molecule has 3 unspecified atom stereocenters. The Bertz CT molecular complexity index is 1240. The number of phosphoric acid groups is 1. The summed E-state index contributed by atoms with van der Waals surface area (Å²) >= 11 is 0. The highest BCUT2D eigenvalue weighted by Crippen LogP contribution is 2.43. The van der Waals surface area contributed by atoms with E-state index < -0.39 is 20.0 Å². The number of nitrogens with zero attached hydrogens (tertiary/aromatic N) is 1. The number of nitrogens with one attached hydrogen (secondary N) is 1. The summed E-state index contributed by atoms with van der Waals surface area (Å²) in [5.41, 5.74) is 0. The Morgan fingerprint density at radius 2 is 0.968 bits per heavy atom. The maximum absolute atomic E-state index is 12.9. The number of unbranched alkanes of at least 4 members (excludes halogenated alkanes) is 20. The second-order valence-corrected chi connectivity index (χ2v) is 19.6. The van der Waals surface area contributed by atoms with Gasteiger partial charge < -0.3 is 19.8 Å². The van der Waals surface area contributed by atoms with Gasteiger partial charge in [-0.1, -0.05) is 209 Å². The predicted octanol–water partition coefficient (Wildman–Crippen LogP) is 14.8. The molecule has 0 aromatic carbocycles. The third-order valence-corrected chi connectivity index (χ3v) is 12.0. The van der Waals surface area contributed by atoms with Gasteiger partial charge >= 0.3 is 7.82 Å². The monoisotopic (exact) mass is 890 g/mol. The maximum Gasteiger partial charge on any atom is 0.472 e. The van der Waals surface area contributed by atoms with E-state index in [1.54, 1.807) is 0 Å². The van der Waals surface area contributed by atoms with Crippen molar-refractivity contribution >= 4 is 13.7 Å². The molecule has 3 atom stereocenters. The van der Waals surface area contributed by atoms with Crippen LogP contribution < -0.4 is 5.32 Å². The molecule has 0 radical (unpaired) electrons. The number of hydrogen-bond acceptors (Lipinski definition) is 5. The summed E-state index contributed by atoms with van der Waals surface area (Å²) in [6, 6.07) is -0.762. The molecule has 8 nitrogen and oxygen atoms in total. The zero-order valence-electron chi connectivity index (χ0n) is 40.8. The summed E-state index contributed by atoms with van der Waals surface area (Å²) in [5, 5.41) is 13.9. The Hall–Kier alpha value is -2.06. The highest BCUT2D eigenvalue weighted by molar-refractivity contribution is 7.47. The molecule has 0 rings (SSSR count). The van der Waals surface area contributed by atoms with Gasteiger partial charge in [0.25, 0.3) is 0 Å². The molecule has 0 spiro atoms. The number of quaternary nitrogens is 1. The first-order chi connectivity index (χ1) is 30.0. The van der Waals surface area contributed by atoms with Crippen molar-refractivity contribution in [2.24, 2.45) is 0 Å². The fraction of sp³-hybridized carbons (Fsp3) is 0.755. The minimum atomic E-state index is -4.31. The van der Waals surface area contributed by atoms with Gasteiger partial charge in [0.05, 0.1) is 39.9 Å². The van der Waals surface area contributed by atoms with E-state index in [9.17, 15) is 19.4 Å². The molecular weight excluding hydrogens is 792 g/mol. The summed E-state index contributed by atoms with van der Waals surface area (Å²) < 4.78 is 23.6. The molecule has 0 aromatic heterocycles. The van der Waals surface area contributed by atoms with Crippen LogP contribution in [0.5, 0.6) is 0 Å². The molecule has 0 aliphatic rings. The van der Waals surface area contributed by atoms with Crippen molar-refractivity contribution in [3.63, 3.8) is 0 Å². The van der Waals surface area contributed by atoms with E-state index in [1.807, 2.05) is 21.1 Å². The van der Waals surface area contributed by atoms with Crippen LogP contribution in [0.2, 0.25) is 0 Å². The van der Waals surface area contributed by atoms with Crippen LogP contribution in [0.25, 0.3) is 0 Å². The fourth-order valence-electron chi connectivity index (χ4n) is 6.99. The van der Waals surface area contributed by atoms with Crippen LogP contribution in [0.3, 0.4) is 0 Å². The summed E-state index contributed by atoms with van der Waals surface area (Å²) in [5.74, 6) is -0.152. The van der Waals surface area contributed by atoms with Crippen molar-refractivity contribution in [3.8, 4) is 0 Å². The largest absolute Gasteiger partial charge is 0.472 e.